The molecule has 1 atom stereocenters. The number of furan rings is 1. The summed E-state index contributed by atoms with van der Waals surface area (Å²) in [7, 11) is 0. The Bertz CT molecular complexity index is 2850. The van der Waals surface area contributed by atoms with Crippen LogP contribution in [0.5, 0.6) is 0 Å². The van der Waals surface area contributed by atoms with E-state index in [1.54, 1.807) is 0 Å². The molecule has 0 bridgehead atoms. The van der Waals surface area contributed by atoms with E-state index in [2.05, 4.69) is 140 Å². The van der Waals surface area contributed by atoms with E-state index in [-0.39, 0.29) is 5.92 Å². The lowest BCUT2D eigenvalue weighted by atomic mass is 9.89. The molecule has 0 fully saturated rings. The van der Waals surface area contributed by atoms with Crippen molar-refractivity contribution in [3.05, 3.63) is 176 Å². The summed E-state index contributed by atoms with van der Waals surface area (Å²) in [6.07, 6.45) is 11.5. The van der Waals surface area contributed by atoms with E-state index in [1.165, 1.54) is 21.5 Å². The highest BCUT2D eigenvalue weighted by molar-refractivity contribution is 6.15. The second kappa shape index (κ2) is 12.0. The Balaban J connectivity index is 1.25. The summed E-state index contributed by atoms with van der Waals surface area (Å²) in [4.78, 5) is 15.5. The summed E-state index contributed by atoms with van der Waals surface area (Å²) < 4.78 is 6.07. The highest BCUT2D eigenvalue weighted by Crippen LogP contribution is 2.42. The first-order valence-corrected chi connectivity index (χ1v) is 17.4. The fourth-order valence-electron chi connectivity index (χ4n) is 7.52. The van der Waals surface area contributed by atoms with Gasteiger partial charge >= 0.3 is 0 Å². The van der Waals surface area contributed by atoms with Crippen LogP contribution in [0.25, 0.3) is 88.5 Å². The van der Waals surface area contributed by atoms with Crippen LogP contribution in [0.1, 0.15) is 18.0 Å². The van der Waals surface area contributed by atoms with Gasteiger partial charge in [0.1, 0.15) is 5.58 Å². The normalized spacial score (nSPS) is 14.2. The number of nitrogens with zero attached hydrogens (tertiary/aromatic N) is 3. The lowest BCUT2D eigenvalue weighted by Crippen LogP contribution is -2.04. The Morgan fingerprint density at radius 2 is 1.31 bits per heavy atom. The second-order valence-corrected chi connectivity index (χ2v) is 13.1. The standard InChI is InChI=1S/C47H31N3O/c1-3-13-30(14-4-1)43-28-44(31-15-5-2-6-16-31)50-46(49-43)41-25-32(34-27-42-39-21-11-12-22-45(39)51-47(42)48-29-34)23-24-38(41)40-26-33-17-7-8-18-35(33)36-19-9-10-20-37(36)40/h1-15,17-29,31H,16H2. The molecule has 51 heavy (non-hydrogen) atoms. The van der Waals surface area contributed by atoms with Crippen molar-refractivity contribution in [3.8, 4) is 44.9 Å². The van der Waals surface area contributed by atoms with Gasteiger partial charge in [-0.3, -0.25) is 0 Å². The number of hydrogen-bond donors (Lipinski definition) is 0. The first kappa shape index (κ1) is 29.3. The summed E-state index contributed by atoms with van der Waals surface area (Å²) >= 11 is 0. The van der Waals surface area contributed by atoms with Gasteiger partial charge in [-0.05, 0) is 75.0 Å². The number of hydrogen-bond acceptors (Lipinski definition) is 4. The zero-order valence-electron chi connectivity index (χ0n) is 27.7. The summed E-state index contributed by atoms with van der Waals surface area (Å²) in [6.45, 7) is 0. The lowest BCUT2D eigenvalue weighted by Gasteiger charge is -2.18. The molecule has 0 amide bonds. The molecular weight excluding hydrogens is 623 g/mol. The molecule has 4 nitrogen and oxygen atoms in total. The monoisotopic (exact) mass is 653 g/mol. The maximum absolute atomic E-state index is 6.07. The van der Waals surface area contributed by atoms with Gasteiger partial charge in [0.2, 0.25) is 5.71 Å². The first-order chi connectivity index (χ1) is 25.3. The molecule has 1 unspecified atom stereocenters. The molecule has 4 heteroatoms. The van der Waals surface area contributed by atoms with E-state index in [0.29, 0.717) is 11.5 Å². The van der Waals surface area contributed by atoms with Gasteiger partial charge in [0.05, 0.1) is 11.4 Å². The fraction of sp³-hybridized carbons (Fsp3) is 0.0426. The van der Waals surface area contributed by atoms with Gasteiger partial charge in [-0.1, -0.05) is 133 Å². The van der Waals surface area contributed by atoms with Crippen LogP contribution in [0.3, 0.4) is 0 Å². The molecule has 9 aromatic rings. The minimum atomic E-state index is 0.160. The van der Waals surface area contributed by atoms with Gasteiger partial charge in [-0.15, -0.1) is 0 Å². The number of benzene rings is 6. The number of fused-ring (bicyclic) bond motifs is 6. The van der Waals surface area contributed by atoms with Gasteiger partial charge in [0.25, 0.3) is 0 Å². The quantitative estimate of drug-likeness (QED) is 0.173. The maximum atomic E-state index is 6.07. The van der Waals surface area contributed by atoms with Crippen molar-refractivity contribution in [2.45, 2.75) is 12.3 Å². The summed E-state index contributed by atoms with van der Waals surface area (Å²) in [5.41, 5.74) is 9.69. The number of pyridine rings is 1. The summed E-state index contributed by atoms with van der Waals surface area (Å²) in [6, 6.07) is 49.2. The smallest absolute Gasteiger partial charge is 0.227 e. The third-order valence-corrected chi connectivity index (χ3v) is 10.1. The van der Waals surface area contributed by atoms with Gasteiger partial charge in [0, 0.05) is 39.6 Å². The molecule has 0 saturated heterocycles. The number of allylic oxidation sites excluding steroid dienone is 4. The van der Waals surface area contributed by atoms with Crippen molar-refractivity contribution in [2.75, 3.05) is 0 Å². The molecule has 3 heterocycles. The van der Waals surface area contributed by atoms with Gasteiger partial charge in [0.15, 0.2) is 5.82 Å². The zero-order chi connectivity index (χ0) is 33.7. The fourth-order valence-corrected chi connectivity index (χ4v) is 7.52. The minimum absolute atomic E-state index is 0.160. The van der Waals surface area contributed by atoms with Crippen molar-refractivity contribution in [1.29, 1.82) is 0 Å². The Hall–Kier alpha value is -6.65. The molecule has 1 aliphatic carbocycles. The first-order valence-electron chi connectivity index (χ1n) is 17.4. The van der Waals surface area contributed by atoms with Crippen molar-refractivity contribution in [3.63, 3.8) is 0 Å². The predicted octanol–water partition coefficient (Wildman–Crippen LogP) is 12.3. The summed E-state index contributed by atoms with van der Waals surface area (Å²) in [5, 5.41) is 6.90. The SMILES string of the molecule is C1=CCC(c2cc(-c3ccccc3)nc(-c3cc(-c4cnc5oc6ccccc6c5c4)ccc3-c3cc4ccccc4c4ccccc34)n2)C=C1. The lowest BCUT2D eigenvalue weighted by molar-refractivity contribution is 0.654. The molecule has 0 spiro atoms. The van der Waals surface area contributed by atoms with Gasteiger partial charge in [-0.25, -0.2) is 15.0 Å². The highest BCUT2D eigenvalue weighted by atomic mass is 16.3. The van der Waals surface area contributed by atoms with Crippen LogP contribution in [0, 0.1) is 0 Å². The van der Waals surface area contributed by atoms with Gasteiger partial charge < -0.3 is 4.42 Å². The van der Waals surface area contributed by atoms with Crippen LogP contribution in [0.15, 0.2) is 174 Å². The maximum Gasteiger partial charge on any atom is 0.227 e. The third-order valence-electron chi connectivity index (χ3n) is 10.1. The molecule has 1 aliphatic rings. The molecular formula is C47H31N3O. The number of aromatic nitrogens is 3. The minimum Gasteiger partial charge on any atom is -0.438 e. The largest absolute Gasteiger partial charge is 0.438 e. The third kappa shape index (κ3) is 5.12. The zero-order valence-corrected chi connectivity index (χ0v) is 27.7. The highest BCUT2D eigenvalue weighted by Gasteiger charge is 2.21. The molecule has 3 aromatic heterocycles. The van der Waals surface area contributed by atoms with Crippen molar-refractivity contribution >= 4 is 43.6 Å². The average molecular weight is 654 g/mol. The van der Waals surface area contributed by atoms with E-state index >= 15 is 0 Å². The topological polar surface area (TPSA) is 51.8 Å². The van der Waals surface area contributed by atoms with Crippen LogP contribution in [-0.2, 0) is 0 Å². The number of para-hydroxylation sites is 1. The molecule has 0 radical (unpaired) electrons. The molecule has 0 aliphatic heterocycles. The van der Waals surface area contributed by atoms with E-state index in [1.807, 2.05) is 30.5 Å². The van der Waals surface area contributed by atoms with Gasteiger partial charge in [-0.2, -0.15) is 0 Å². The Morgan fingerprint density at radius 3 is 2.18 bits per heavy atom. The van der Waals surface area contributed by atoms with E-state index < -0.39 is 0 Å². The molecule has 10 rings (SSSR count). The van der Waals surface area contributed by atoms with Crippen LogP contribution >= 0.6 is 0 Å². The average Bonchev–Trinajstić information content (AvgIpc) is 3.59. The molecule has 6 aromatic carbocycles. The number of rotatable bonds is 5. The molecule has 0 saturated carbocycles. The van der Waals surface area contributed by atoms with Crippen LogP contribution in [0.4, 0.5) is 0 Å². The second-order valence-electron chi connectivity index (χ2n) is 13.1. The van der Waals surface area contributed by atoms with Crippen LogP contribution in [-0.4, -0.2) is 15.0 Å². The van der Waals surface area contributed by atoms with Crippen LogP contribution < -0.4 is 0 Å². The van der Waals surface area contributed by atoms with E-state index in [4.69, 9.17) is 19.4 Å². The van der Waals surface area contributed by atoms with E-state index in [9.17, 15) is 0 Å². The summed E-state index contributed by atoms with van der Waals surface area (Å²) in [5.74, 6) is 0.861. The predicted molar refractivity (Wildman–Crippen MR) is 209 cm³/mol. The Kier molecular flexibility index (Phi) is 6.91. The van der Waals surface area contributed by atoms with Crippen LogP contribution in [0.2, 0.25) is 0 Å². The van der Waals surface area contributed by atoms with Crippen molar-refractivity contribution in [2.24, 2.45) is 0 Å². The molecule has 0 N–H and O–H groups in total. The van der Waals surface area contributed by atoms with Crippen molar-refractivity contribution in [1.82, 2.24) is 15.0 Å². The Morgan fingerprint density at radius 1 is 0.529 bits per heavy atom. The molecule has 240 valence electrons. The van der Waals surface area contributed by atoms with E-state index in [0.717, 1.165) is 67.5 Å². The van der Waals surface area contributed by atoms with Crippen molar-refractivity contribution < 1.29 is 4.42 Å². The Labute approximate surface area is 295 Å².